The molecule has 10 heavy (non-hydrogen) atoms. The average molecular weight is 141 g/mol. The molecule has 0 aliphatic heterocycles. The highest BCUT2D eigenvalue weighted by Gasteiger charge is 1.80. The molecule has 0 rings (SSSR count). The molecule has 0 spiro atoms. The number of aliphatic hydroxyl groups is 1. The van der Waals surface area contributed by atoms with Gasteiger partial charge in [-0.25, -0.2) is 0 Å². The molecule has 0 aliphatic carbocycles. The van der Waals surface area contributed by atoms with Crippen molar-refractivity contribution in [1.82, 2.24) is 0 Å². The third-order valence-corrected chi connectivity index (χ3v) is 1.35. The summed E-state index contributed by atoms with van der Waals surface area (Å²) in [6.07, 6.45) is 10.7. The van der Waals surface area contributed by atoms with Crippen LogP contribution in [0.5, 0.6) is 0 Å². The summed E-state index contributed by atoms with van der Waals surface area (Å²) in [6, 6.07) is 0. The highest BCUT2D eigenvalue weighted by Crippen LogP contribution is 1.99. The molecule has 0 aromatic carbocycles. The van der Waals surface area contributed by atoms with Gasteiger partial charge < -0.3 is 5.11 Å². The van der Waals surface area contributed by atoms with Crippen LogP contribution < -0.4 is 0 Å². The van der Waals surface area contributed by atoms with Crippen LogP contribution in [0, 0.1) is 6.08 Å². The van der Waals surface area contributed by atoms with E-state index in [4.69, 9.17) is 5.11 Å². The molecule has 1 radical (unpaired) electrons. The van der Waals surface area contributed by atoms with Gasteiger partial charge in [0.05, 0.1) is 0 Å². The van der Waals surface area contributed by atoms with Crippen molar-refractivity contribution < 1.29 is 5.11 Å². The second kappa shape index (κ2) is 8.70. The largest absolute Gasteiger partial charge is 0.396 e. The first kappa shape index (κ1) is 9.70. The van der Waals surface area contributed by atoms with Crippen molar-refractivity contribution in [2.75, 3.05) is 6.61 Å². The second-order valence-corrected chi connectivity index (χ2v) is 2.38. The Morgan fingerprint density at radius 1 is 1.40 bits per heavy atom. The third-order valence-electron chi connectivity index (χ3n) is 1.35. The lowest BCUT2D eigenvalue weighted by molar-refractivity contribution is 0.300. The van der Waals surface area contributed by atoms with E-state index in [1.807, 2.05) is 6.08 Å². The number of allylic oxidation sites excluding steroid dienone is 1. The van der Waals surface area contributed by atoms with Gasteiger partial charge in [-0.2, -0.15) is 0 Å². The second-order valence-electron chi connectivity index (χ2n) is 2.38. The Bertz CT molecular complexity index is 76.8. The van der Waals surface area contributed by atoms with Gasteiger partial charge in [0, 0.05) is 6.61 Å². The molecule has 0 heterocycles. The molecule has 1 N–H and O–H groups in total. The third kappa shape index (κ3) is 7.70. The van der Waals surface area contributed by atoms with Crippen LogP contribution in [0.4, 0.5) is 0 Å². The number of rotatable bonds is 6. The van der Waals surface area contributed by atoms with Crippen LogP contribution in [-0.4, -0.2) is 11.7 Å². The highest BCUT2D eigenvalue weighted by molar-refractivity contribution is 4.72. The Morgan fingerprint density at radius 2 is 2.20 bits per heavy atom. The van der Waals surface area contributed by atoms with E-state index in [0.29, 0.717) is 6.42 Å². The van der Waals surface area contributed by atoms with Crippen LogP contribution in [0.15, 0.2) is 6.08 Å². The van der Waals surface area contributed by atoms with Crippen LogP contribution in [0.25, 0.3) is 0 Å². The highest BCUT2D eigenvalue weighted by atomic mass is 16.2. The lowest BCUT2D eigenvalue weighted by atomic mass is 10.2. The van der Waals surface area contributed by atoms with Crippen molar-refractivity contribution in [2.45, 2.75) is 39.0 Å². The smallest absolute Gasteiger partial charge is 0.0471 e. The van der Waals surface area contributed by atoms with Gasteiger partial charge in [0.1, 0.15) is 0 Å². The van der Waals surface area contributed by atoms with E-state index in [1.165, 1.54) is 19.3 Å². The fourth-order valence-corrected chi connectivity index (χ4v) is 0.765. The zero-order valence-corrected chi connectivity index (χ0v) is 6.77. The first-order valence-corrected chi connectivity index (χ1v) is 4.07. The summed E-state index contributed by atoms with van der Waals surface area (Å²) in [5.74, 6) is 0. The van der Waals surface area contributed by atoms with Crippen LogP contribution in [0.2, 0.25) is 0 Å². The molecule has 0 amide bonds. The number of hydrogen-bond acceptors (Lipinski definition) is 1. The summed E-state index contributed by atoms with van der Waals surface area (Å²) < 4.78 is 0. The predicted molar refractivity (Wildman–Crippen MR) is 43.7 cm³/mol. The molecular formula is C9H17O. The Morgan fingerprint density at radius 3 is 2.80 bits per heavy atom. The van der Waals surface area contributed by atoms with Crippen molar-refractivity contribution in [1.29, 1.82) is 0 Å². The summed E-state index contributed by atoms with van der Waals surface area (Å²) in [6.45, 7) is 2.42. The Labute approximate surface area is 63.8 Å². The summed E-state index contributed by atoms with van der Waals surface area (Å²) in [7, 11) is 0. The molecule has 1 heteroatoms. The molecule has 0 aromatic rings. The van der Waals surface area contributed by atoms with Gasteiger partial charge in [-0.15, -0.1) is 0 Å². The summed E-state index contributed by atoms with van der Waals surface area (Å²) in [5, 5.41) is 8.39. The van der Waals surface area contributed by atoms with Crippen molar-refractivity contribution in [3.8, 4) is 0 Å². The van der Waals surface area contributed by atoms with Gasteiger partial charge in [0.25, 0.3) is 0 Å². The predicted octanol–water partition coefficient (Wildman–Crippen LogP) is 2.31. The average Bonchev–Trinajstić information content (AvgIpc) is 1.97. The zero-order chi connectivity index (χ0) is 7.66. The Kier molecular flexibility index (Phi) is 8.44. The topological polar surface area (TPSA) is 20.2 Å². The van der Waals surface area contributed by atoms with Crippen molar-refractivity contribution >= 4 is 0 Å². The minimum Gasteiger partial charge on any atom is -0.396 e. The monoisotopic (exact) mass is 141 g/mol. The molecule has 1 nitrogen and oxygen atoms in total. The molecule has 0 bridgehead atoms. The summed E-state index contributed by atoms with van der Waals surface area (Å²) in [4.78, 5) is 0. The summed E-state index contributed by atoms with van der Waals surface area (Å²) >= 11 is 0. The SMILES string of the molecule is CCCCC/C=[C]/CCO. The van der Waals surface area contributed by atoms with Crippen molar-refractivity contribution in [2.24, 2.45) is 0 Å². The molecule has 0 atom stereocenters. The van der Waals surface area contributed by atoms with Gasteiger partial charge in [-0.1, -0.05) is 25.8 Å². The van der Waals surface area contributed by atoms with E-state index in [9.17, 15) is 0 Å². The quantitative estimate of drug-likeness (QED) is 0.563. The molecule has 59 valence electrons. The molecule has 0 saturated heterocycles. The lowest BCUT2D eigenvalue weighted by Gasteiger charge is -1.90. The first-order valence-electron chi connectivity index (χ1n) is 4.07. The number of aliphatic hydroxyl groups excluding tert-OH is 1. The minimum absolute atomic E-state index is 0.226. The number of hydrogen-bond donors (Lipinski definition) is 1. The molecule has 0 aromatic heterocycles. The van der Waals surface area contributed by atoms with Gasteiger partial charge >= 0.3 is 0 Å². The van der Waals surface area contributed by atoms with Crippen LogP contribution >= 0.6 is 0 Å². The zero-order valence-electron chi connectivity index (χ0n) is 6.77. The molecular weight excluding hydrogens is 124 g/mol. The maximum absolute atomic E-state index is 8.39. The van der Waals surface area contributed by atoms with Crippen LogP contribution in [0.3, 0.4) is 0 Å². The van der Waals surface area contributed by atoms with E-state index in [-0.39, 0.29) is 6.61 Å². The van der Waals surface area contributed by atoms with E-state index in [1.54, 1.807) is 0 Å². The van der Waals surface area contributed by atoms with Crippen LogP contribution in [0.1, 0.15) is 39.0 Å². The molecule has 0 fully saturated rings. The summed E-state index contributed by atoms with van der Waals surface area (Å²) in [5.41, 5.74) is 0. The fourth-order valence-electron chi connectivity index (χ4n) is 0.765. The van der Waals surface area contributed by atoms with Gasteiger partial charge in [0.2, 0.25) is 0 Å². The van der Waals surface area contributed by atoms with E-state index in [2.05, 4.69) is 13.0 Å². The van der Waals surface area contributed by atoms with Gasteiger partial charge in [0.15, 0.2) is 0 Å². The lowest BCUT2D eigenvalue weighted by Crippen LogP contribution is -1.76. The van der Waals surface area contributed by atoms with E-state index < -0.39 is 0 Å². The molecule has 0 unspecified atom stereocenters. The van der Waals surface area contributed by atoms with Crippen LogP contribution in [-0.2, 0) is 0 Å². The minimum atomic E-state index is 0.226. The Hall–Kier alpha value is -0.300. The first-order chi connectivity index (χ1) is 4.91. The maximum Gasteiger partial charge on any atom is 0.0471 e. The number of unbranched alkanes of at least 4 members (excludes halogenated alkanes) is 3. The molecule has 0 saturated carbocycles. The Balaban J connectivity index is 2.88. The van der Waals surface area contributed by atoms with E-state index >= 15 is 0 Å². The van der Waals surface area contributed by atoms with Gasteiger partial charge in [-0.3, -0.25) is 0 Å². The maximum atomic E-state index is 8.39. The van der Waals surface area contributed by atoms with Crippen molar-refractivity contribution in [3.05, 3.63) is 12.2 Å². The van der Waals surface area contributed by atoms with E-state index in [0.717, 1.165) is 6.42 Å². The fraction of sp³-hybridized carbons (Fsp3) is 0.778. The van der Waals surface area contributed by atoms with Gasteiger partial charge in [-0.05, 0) is 25.3 Å². The normalized spacial score (nSPS) is 11.0. The van der Waals surface area contributed by atoms with Crippen molar-refractivity contribution in [3.63, 3.8) is 0 Å². The standard InChI is InChI=1S/C9H17O/c1-2-3-4-5-6-7-8-9-10/h6,10H,2-5,8-9H2,1H3. The molecule has 0 aliphatic rings.